The van der Waals surface area contributed by atoms with Crippen LogP contribution in [0.5, 0.6) is 0 Å². The number of carbonyl (C=O) groups excluding carboxylic acids is 2. The van der Waals surface area contributed by atoms with Gasteiger partial charge in [-0.05, 0) is 29.8 Å². The Bertz CT molecular complexity index is 1110. The molecule has 156 valence electrons. The molecule has 30 heavy (non-hydrogen) atoms. The molecular weight excluding hydrogens is 407 g/mol. The lowest BCUT2D eigenvalue weighted by Gasteiger charge is -2.19. The van der Waals surface area contributed by atoms with Crippen molar-refractivity contribution in [2.24, 2.45) is 0 Å². The Morgan fingerprint density at radius 3 is 2.17 bits per heavy atom. The fraction of sp³-hybridized carbons (Fsp3) is 0.105. The number of hydrogen-bond donors (Lipinski definition) is 0. The monoisotopic (exact) mass is 421 g/mol. The van der Waals surface area contributed by atoms with Crippen LogP contribution in [0.2, 0.25) is 0 Å². The number of para-hydroxylation sites is 1. The quantitative estimate of drug-likeness (QED) is 0.359. The Kier molecular flexibility index (Phi) is 5.63. The van der Waals surface area contributed by atoms with E-state index in [-0.39, 0.29) is 5.69 Å². The van der Waals surface area contributed by atoms with Gasteiger partial charge in [-0.1, -0.05) is 29.7 Å². The van der Waals surface area contributed by atoms with Gasteiger partial charge in [0.1, 0.15) is 17.1 Å². The summed E-state index contributed by atoms with van der Waals surface area (Å²) in [4.78, 5) is 24.9. The average molecular weight is 421 g/mol. The third-order valence-electron chi connectivity index (χ3n) is 4.28. The molecule has 0 bridgehead atoms. The van der Waals surface area contributed by atoms with Crippen LogP contribution in [0.25, 0.3) is 16.9 Å². The Morgan fingerprint density at radius 1 is 0.967 bits per heavy atom. The molecule has 11 heteroatoms. The molecule has 3 rings (SSSR count). The van der Waals surface area contributed by atoms with Crippen molar-refractivity contribution in [2.45, 2.75) is 0 Å². The number of halogens is 4. The van der Waals surface area contributed by atoms with Gasteiger partial charge in [0.25, 0.3) is 0 Å². The molecule has 0 aliphatic heterocycles. The van der Waals surface area contributed by atoms with Gasteiger partial charge < -0.3 is 22.4 Å². The fourth-order valence-corrected chi connectivity index (χ4v) is 2.96. The van der Waals surface area contributed by atoms with Crippen LogP contribution in [0.3, 0.4) is 0 Å². The zero-order chi connectivity index (χ0) is 22.1. The standard InChI is InChI=1S/C19H14BF4N2O4/c1-29-18(27)15-16(13-10-11(21)8-9-14(13)20(22,23)24)25-26(17(15)19(28)30-2)12-6-4-3-5-7-12/h3-10H,1-2H3/q-1. The number of hydrogen-bond acceptors (Lipinski definition) is 5. The summed E-state index contributed by atoms with van der Waals surface area (Å²) in [5.74, 6) is -3.13. The number of aromatic nitrogens is 2. The second-order valence-corrected chi connectivity index (χ2v) is 6.11. The summed E-state index contributed by atoms with van der Waals surface area (Å²) < 4.78 is 65.1. The first-order valence-electron chi connectivity index (χ1n) is 8.53. The summed E-state index contributed by atoms with van der Waals surface area (Å²) >= 11 is 0. The average Bonchev–Trinajstić information content (AvgIpc) is 3.12. The van der Waals surface area contributed by atoms with Gasteiger partial charge in [0, 0.05) is 0 Å². The van der Waals surface area contributed by atoms with E-state index in [4.69, 9.17) is 4.74 Å². The van der Waals surface area contributed by atoms with Gasteiger partial charge in [-0.2, -0.15) is 5.10 Å². The molecule has 0 N–H and O–H groups in total. The maximum Gasteiger partial charge on any atom is 0.510 e. The molecule has 0 saturated heterocycles. The number of carbonyl (C=O) groups is 2. The molecule has 0 aliphatic carbocycles. The van der Waals surface area contributed by atoms with Crippen molar-refractivity contribution in [1.82, 2.24) is 9.78 Å². The van der Waals surface area contributed by atoms with Crippen molar-refractivity contribution in [3.63, 3.8) is 0 Å². The van der Waals surface area contributed by atoms with E-state index in [0.717, 1.165) is 18.9 Å². The van der Waals surface area contributed by atoms with Gasteiger partial charge in [0.05, 0.1) is 19.9 Å². The molecule has 0 spiro atoms. The molecule has 0 fully saturated rings. The van der Waals surface area contributed by atoms with E-state index in [1.807, 2.05) is 0 Å². The largest absolute Gasteiger partial charge is 0.510 e. The number of methoxy groups -OCH3 is 2. The molecule has 0 atom stereocenters. The van der Waals surface area contributed by atoms with E-state index < -0.39 is 52.7 Å². The lowest BCUT2D eigenvalue weighted by Crippen LogP contribution is -2.36. The highest BCUT2D eigenvalue weighted by Crippen LogP contribution is 2.30. The molecule has 0 aliphatic rings. The van der Waals surface area contributed by atoms with Crippen molar-refractivity contribution >= 4 is 24.4 Å². The fourth-order valence-electron chi connectivity index (χ4n) is 2.96. The molecular formula is C19H14BF4N2O4-. The third-order valence-corrected chi connectivity index (χ3v) is 4.28. The lowest BCUT2D eigenvalue weighted by molar-refractivity contribution is 0.0549. The maximum atomic E-state index is 13.9. The summed E-state index contributed by atoms with van der Waals surface area (Å²) in [7, 11) is 2.03. The predicted molar refractivity (Wildman–Crippen MR) is 100 cm³/mol. The van der Waals surface area contributed by atoms with Gasteiger partial charge in [0.15, 0.2) is 5.69 Å². The van der Waals surface area contributed by atoms with Crippen LogP contribution >= 0.6 is 0 Å². The highest BCUT2D eigenvalue weighted by atomic mass is 19.4. The second kappa shape index (κ2) is 8.01. The zero-order valence-corrected chi connectivity index (χ0v) is 15.7. The van der Waals surface area contributed by atoms with Crippen LogP contribution in [0.15, 0.2) is 48.5 Å². The van der Waals surface area contributed by atoms with Crippen LogP contribution in [0, 0.1) is 5.82 Å². The van der Waals surface area contributed by atoms with Gasteiger partial charge in [-0.15, -0.1) is 0 Å². The summed E-state index contributed by atoms with van der Waals surface area (Å²) in [6.45, 7) is -5.59. The second-order valence-electron chi connectivity index (χ2n) is 6.11. The van der Waals surface area contributed by atoms with Crippen LogP contribution in [-0.4, -0.2) is 42.9 Å². The van der Waals surface area contributed by atoms with Crippen LogP contribution in [0.4, 0.5) is 17.3 Å². The topological polar surface area (TPSA) is 70.4 Å². The molecule has 0 amide bonds. The number of benzene rings is 2. The minimum absolute atomic E-state index is 0.268. The molecule has 1 aromatic heterocycles. The van der Waals surface area contributed by atoms with Crippen molar-refractivity contribution in [1.29, 1.82) is 0 Å². The van der Waals surface area contributed by atoms with E-state index in [0.29, 0.717) is 18.2 Å². The molecule has 3 aromatic rings. The minimum Gasteiger partial charge on any atom is -0.465 e. The zero-order valence-electron chi connectivity index (χ0n) is 15.7. The smallest absolute Gasteiger partial charge is 0.465 e. The maximum absolute atomic E-state index is 13.9. The number of nitrogens with zero attached hydrogens (tertiary/aromatic N) is 2. The van der Waals surface area contributed by atoms with Crippen molar-refractivity contribution in [3.8, 4) is 16.9 Å². The Hall–Kier alpha value is -3.63. The minimum atomic E-state index is -5.59. The number of esters is 2. The number of rotatable bonds is 5. The van der Waals surface area contributed by atoms with E-state index in [9.17, 15) is 26.9 Å². The first-order valence-corrected chi connectivity index (χ1v) is 8.53. The molecule has 2 aromatic carbocycles. The molecule has 0 saturated carbocycles. The van der Waals surface area contributed by atoms with E-state index >= 15 is 0 Å². The first kappa shape index (κ1) is 21.1. The molecule has 0 unspecified atom stereocenters. The third kappa shape index (κ3) is 3.78. The van der Waals surface area contributed by atoms with Crippen LogP contribution in [0.1, 0.15) is 20.8 Å². The van der Waals surface area contributed by atoms with Gasteiger partial charge in [-0.3, -0.25) is 0 Å². The highest BCUT2D eigenvalue weighted by Gasteiger charge is 2.35. The van der Waals surface area contributed by atoms with E-state index in [1.54, 1.807) is 18.2 Å². The Labute approximate surface area is 168 Å². The van der Waals surface area contributed by atoms with Gasteiger partial charge in [0.2, 0.25) is 0 Å². The van der Waals surface area contributed by atoms with Gasteiger partial charge >= 0.3 is 18.9 Å². The normalized spacial score (nSPS) is 11.3. The number of ether oxygens (including phenoxy) is 2. The Balaban J connectivity index is 2.45. The SMILES string of the molecule is COC(=O)c1c(-c2cc(F)ccc2[B-](F)(F)F)nn(-c2ccccc2)c1C(=O)OC. The summed E-state index contributed by atoms with van der Waals surface area (Å²) in [6.07, 6.45) is 0. The van der Waals surface area contributed by atoms with Crippen LogP contribution < -0.4 is 5.46 Å². The van der Waals surface area contributed by atoms with Crippen LogP contribution in [-0.2, 0) is 9.47 Å². The Morgan fingerprint density at radius 2 is 1.60 bits per heavy atom. The van der Waals surface area contributed by atoms with Crippen molar-refractivity contribution in [3.05, 3.63) is 65.6 Å². The molecule has 1 heterocycles. The summed E-state index contributed by atoms with van der Waals surface area (Å²) in [5, 5.41) is 4.06. The van der Waals surface area contributed by atoms with Crippen molar-refractivity contribution < 1.29 is 36.4 Å². The molecule has 6 nitrogen and oxygen atoms in total. The lowest BCUT2D eigenvalue weighted by atomic mass is 9.75. The molecule has 0 radical (unpaired) electrons. The van der Waals surface area contributed by atoms with Gasteiger partial charge in [-0.25, -0.2) is 18.7 Å². The predicted octanol–water partition coefficient (Wildman–Crippen LogP) is 3.31. The van der Waals surface area contributed by atoms with Crippen molar-refractivity contribution in [2.75, 3.05) is 14.2 Å². The summed E-state index contributed by atoms with van der Waals surface area (Å²) in [6, 6.07) is 9.73. The van der Waals surface area contributed by atoms with E-state index in [1.165, 1.54) is 12.1 Å². The van der Waals surface area contributed by atoms with E-state index in [2.05, 4.69) is 9.84 Å². The summed E-state index contributed by atoms with van der Waals surface area (Å²) in [5.41, 5.74) is -3.17. The highest BCUT2D eigenvalue weighted by molar-refractivity contribution is 6.75. The first-order chi connectivity index (χ1) is 14.2.